The van der Waals surface area contributed by atoms with E-state index in [0.29, 0.717) is 19.8 Å². The quantitative estimate of drug-likeness (QED) is 0.828. The zero-order valence-corrected chi connectivity index (χ0v) is 15.3. The summed E-state index contributed by atoms with van der Waals surface area (Å²) in [4.78, 5) is 0. The molecule has 0 saturated carbocycles. The van der Waals surface area contributed by atoms with E-state index in [4.69, 9.17) is 9.47 Å². The van der Waals surface area contributed by atoms with E-state index in [9.17, 15) is 5.11 Å². The second kappa shape index (κ2) is 9.20. The Kier molecular flexibility index (Phi) is 7.26. The highest BCUT2D eigenvalue weighted by Gasteiger charge is 2.45. The molecule has 0 spiro atoms. The second-order valence-corrected chi connectivity index (χ2v) is 5.99. The highest BCUT2D eigenvalue weighted by Crippen LogP contribution is 2.44. The topological polar surface area (TPSA) is 50.7 Å². The van der Waals surface area contributed by atoms with Gasteiger partial charge in [-0.25, -0.2) is 0 Å². The zero-order valence-electron chi connectivity index (χ0n) is 14.5. The number of ether oxygens (including phenoxy) is 2. The maximum atomic E-state index is 10.2. The number of rotatable bonds is 6. The third-order valence-electron chi connectivity index (χ3n) is 4.62. The van der Waals surface area contributed by atoms with Crippen molar-refractivity contribution in [1.82, 2.24) is 5.32 Å². The van der Waals surface area contributed by atoms with Crippen molar-refractivity contribution in [2.24, 2.45) is 0 Å². The maximum Gasteiger partial charge on any atom is 0.125 e. The number of aliphatic hydroxyl groups is 1. The summed E-state index contributed by atoms with van der Waals surface area (Å²) in [6.07, 6.45) is 0. The standard InChI is InChI=1S/C20H25NO3.ClH/c1-2-23-19-11-7-6-10-17(19)20(15-21-12-13-24-20)18(14-22)16-8-4-3-5-9-16;/h3-11,18,21-22H,2,12-15H2,1H3;1H. The van der Waals surface area contributed by atoms with Crippen LogP contribution in [0, 0.1) is 0 Å². The lowest BCUT2D eigenvalue weighted by Gasteiger charge is -2.44. The third kappa shape index (κ3) is 3.98. The van der Waals surface area contributed by atoms with Crippen molar-refractivity contribution in [3.8, 4) is 5.75 Å². The van der Waals surface area contributed by atoms with Crippen LogP contribution in [-0.4, -0.2) is 38.0 Å². The highest BCUT2D eigenvalue weighted by molar-refractivity contribution is 5.85. The van der Waals surface area contributed by atoms with Gasteiger partial charge in [0.2, 0.25) is 0 Å². The van der Waals surface area contributed by atoms with E-state index in [0.717, 1.165) is 23.4 Å². The fourth-order valence-electron chi connectivity index (χ4n) is 3.52. The Labute approximate surface area is 155 Å². The fraction of sp³-hybridized carbons (Fsp3) is 0.400. The van der Waals surface area contributed by atoms with Crippen LogP contribution < -0.4 is 10.1 Å². The third-order valence-corrected chi connectivity index (χ3v) is 4.62. The van der Waals surface area contributed by atoms with Gasteiger partial charge in [0.1, 0.15) is 11.4 Å². The van der Waals surface area contributed by atoms with Crippen molar-refractivity contribution in [2.45, 2.75) is 18.4 Å². The minimum Gasteiger partial charge on any atom is -0.493 e. The molecular formula is C20H26ClNO3. The largest absolute Gasteiger partial charge is 0.493 e. The Morgan fingerprint density at radius 1 is 1.16 bits per heavy atom. The highest BCUT2D eigenvalue weighted by atomic mass is 35.5. The molecule has 1 aliphatic rings. The van der Waals surface area contributed by atoms with Gasteiger partial charge in [-0.2, -0.15) is 0 Å². The normalized spacial score (nSPS) is 21.2. The minimum atomic E-state index is -0.653. The molecule has 0 bridgehead atoms. The van der Waals surface area contributed by atoms with E-state index in [-0.39, 0.29) is 24.9 Å². The Bertz CT molecular complexity index is 644. The van der Waals surface area contributed by atoms with Crippen LogP contribution in [0.4, 0.5) is 0 Å². The van der Waals surface area contributed by atoms with Crippen molar-refractivity contribution < 1.29 is 14.6 Å². The monoisotopic (exact) mass is 363 g/mol. The van der Waals surface area contributed by atoms with Gasteiger partial charge in [0.15, 0.2) is 0 Å². The van der Waals surface area contributed by atoms with Gasteiger partial charge >= 0.3 is 0 Å². The van der Waals surface area contributed by atoms with Gasteiger partial charge in [-0.1, -0.05) is 48.5 Å². The van der Waals surface area contributed by atoms with E-state index in [1.807, 2.05) is 61.5 Å². The van der Waals surface area contributed by atoms with E-state index < -0.39 is 5.60 Å². The second-order valence-electron chi connectivity index (χ2n) is 5.99. The van der Waals surface area contributed by atoms with Crippen molar-refractivity contribution >= 4 is 12.4 Å². The molecule has 2 aromatic carbocycles. The van der Waals surface area contributed by atoms with E-state index in [1.165, 1.54) is 0 Å². The van der Waals surface area contributed by atoms with Gasteiger partial charge in [0.05, 0.1) is 19.8 Å². The molecule has 0 radical (unpaired) electrons. The number of aliphatic hydroxyl groups excluding tert-OH is 1. The lowest BCUT2D eigenvalue weighted by Crippen LogP contribution is -2.52. The van der Waals surface area contributed by atoms with Gasteiger partial charge in [-0.3, -0.25) is 0 Å². The first-order valence-corrected chi connectivity index (χ1v) is 8.54. The average Bonchev–Trinajstić information content (AvgIpc) is 2.65. The van der Waals surface area contributed by atoms with Crippen molar-refractivity contribution in [3.05, 3.63) is 65.7 Å². The van der Waals surface area contributed by atoms with Crippen molar-refractivity contribution in [1.29, 1.82) is 0 Å². The molecule has 4 nitrogen and oxygen atoms in total. The molecule has 2 atom stereocenters. The number of benzene rings is 2. The van der Waals surface area contributed by atoms with Gasteiger partial charge < -0.3 is 19.9 Å². The number of morpholine rings is 1. The molecule has 0 aliphatic carbocycles. The predicted molar refractivity (Wildman–Crippen MR) is 102 cm³/mol. The number of halogens is 1. The van der Waals surface area contributed by atoms with Crippen LogP contribution in [0.5, 0.6) is 5.75 Å². The Balaban J connectivity index is 0.00000225. The molecule has 2 aromatic rings. The van der Waals surface area contributed by atoms with Crippen LogP contribution >= 0.6 is 12.4 Å². The Morgan fingerprint density at radius 3 is 2.52 bits per heavy atom. The fourth-order valence-corrected chi connectivity index (χ4v) is 3.52. The van der Waals surface area contributed by atoms with Gasteiger partial charge in [-0.05, 0) is 18.6 Å². The predicted octanol–water partition coefficient (Wildman–Crippen LogP) is 3.10. The first kappa shape index (κ1) is 19.7. The van der Waals surface area contributed by atoms with Crippen molar-refractivity contribution in [3.63, 3.8) is 0 Å². The first-order valence-electron chi connectivity index (χ1n) is 8.54. The van der Waals surface area contributed by atoms with Crippen LogP contribution in [-0.2, 0) is 10.3 Å². The molecular weight excluding hydrogens is 338 g/mol. The molecule has 1 saturated heterocycles. The van der Waals surface area contributed by atoms with Gasteiger partial charge in [0.25, 0.3) is 0 Å². The average molecular weight is 364 g/mol. The summed E-state index contributed by atoms with van der Waals surface area (Å²) in [6.45, 7) is 4.62. The summed E-state index contributed by atoms with van der Waals surface area (Å²) in [6, 6.07) is 18.0. The summed E-state index contributed by atoms with van der Waals surface area (Å²) in [7, 11) is 0. The summed E-state index contributed by atoms with van der Waals surface area (Å²) < 4.78 is 12.2. The number of nitrogens with one attached hydrogen (secondary N) is 1. The SMILES string of the molecule is CCOc1ccccc1C1(C(CO)c2ccccc2)CNCCO1.Cl. The summed E-state index contributed by atoms with van der Waals surface area (Å²) >= 11 is 0. The molecule has 2 unspecified atom stereocenters. The van der Waals surface area contributed by atoms with Crippen LogP contribution in [0.25, 0.3) is 0 Å². The zero-order chi connectivity index (χ0) is 16.8. The van der Waals surface area contributed by atoms with Crippen LogP contribution in [0.1, 0.15) is 24.0 Å². The van der Waals surface area contributed by atoms with Gasteiger partial charge in [-0.15, -0.1) is 12.4 Å². The van der Waals surface area contributed by atoms with E-state index in [2.05, 4.69) is 5.32 Å². The molecule has 1 fully saturated rings. The summed E-state index contributed by atoms with van der Waals surface area (Å²) in [5.41, 5.74) is 1.40. The molecule has 0 aromatic heterocycles. The van der Waals surface area contributed by atoms with Gasteiger partial charge in [0, 0.05) is 24.6 Å². The summed E-state index contributed by atoms with van der Waals surface area (Å²) in [5.74, 6) is 0.645. The molecule has 25 heavy (non-hydrogen) atoms. The van der Waals surface area contributed by atoms with Crippen LogP contribution in [0.2, 0.25) is 0 Å². The molecule has 1 heterocycles. The van der Waals surface area contributed by atoms with Crippen LogP contribution in [0.3, 0.4) is 0 Å². The molecule has 3 rings (SSSR count). The number of hydrogen-bond acceptors (Lipinski definition) is 4. The Morgan fingerprint density at radius 2 is 1.88 bits per heavy atom. The van der Waals surface area contributed by atoms with Crippen molar-refractivity contribution in [2.75, 3.05) is 32.9 Å². The minimum absolute atomic E-state index is 0. The smallest absolute Gasteiger partial charge is 0.125 e. The molecule has 0 amide bonds. The lowest BCUT2D eigenvalue weighted by atomic mass is 9.76. The lowest BCUT2D eigenvalue weighted by molar-refractivity contribution is -0.100. The Hall–Kier alpha value is -1.59. The molecule has 5 heteroatoms. The maximum absolute atomic E-state index is 10.2. The van der Waals surface area contributed by atoms with E-state index >= 15 is 0 Å². The first-order chi connectivity index (χ1) is 11.8. The van der Waals surface area contributed by atoms with E-state index in [1.54, 1.807) is 0 Å². The summed E-state index contributed by atoms with van der Waals surface area (Å²) in [5, 5.41) is 13.7. The molecule has 2 N–H and O–H groups in total. The number of para-hydroxylation sites is 1. The molecule has 1 aliphatic heterocycles. The number of hydrogen-bond donors (Lipinski definition) is 2. The molecule has 136 valence electrons. The van der Waals surface area contributed by atoms with Crippen LogP contribution in [0.15, 0.2) is 54.6 Å².